The van der Waals surface area contributed by atoms with Crippen LogP contribution in [-0.4, -0.2) is 103 Å². The van der Waals surface area contributed by atoms with Crippen LogP contribution < -0.4 is 11.1 Å². The molecule has 2 aliphatic rings. The summed E-state index contributed by atoms with van der Waals surface area (Å²) in [5.74, 6) is -7.38. The summed E-state index contributed by atoms with van der Waals surface area (Å²) in [6.45, 7) is -30.8. The summed E-state index contributed by atoms with van der Waals surface area (Å²) in [6, 6.07) is -6.60. The summed E-state index contributed by atoms with van der Waals surface area (Å²) in [7, 11) is 0. The van der Waals surface area contributed by atoms with Crippen LogP contribution in [0, 0.1) is 18.6 Å². The predicted octanol–water partition coefficient (Wildman–Crippen LogP) is 15.3. The van der Waals surface area contributed by atoms with Gasteiger partial charge in [-0.1, -0.05) is 148 Å². The third-order valence-electron chi connectivity index (χ3n) is 13.7. The molecule has 0 N–H and O–H groups in total. The van der Waals surface area contributed by atoms with E-state index in [-0.39, 0.29) is 74.3 Å². The van der Waals surface area contributed by atoms with Crippen LogP contribution in [0.1, 0.15) is 170 Å². The van der Waals surface area contributed by atoms with E-state index < -0.39 is 303 Å². The minimum atomic E-state index is -5.34. The first-order valence-corrected chi connectivity index (χ1v) is 30.0. The zero-order valence-electron chi connectivity index (χ0n) is 91.0. The van der Waals surface area contributed by atoms with Crippen LogP contribution in [0.25, 0.3) is 22.3 Å². The zero-order valence-corrected chi connectivity index (χ0v) is 52.6. The fraction of sp³-hybridized carbons (Fsp3) is 0.378. The van der Waals surface area contributed by atoms with Gasteiger partial charge in [-0.15, -0.1) is 0 Å². The molecule has 8 aromatic rings. The van der Waals surface area contributed by atoms with E-state index >= 15 is 9.59 Å². The Kier molecular flexibility index (Phi) is 12.4. The molecule has 2 amide bonds. The predicted molar refractivity (Wildman–Crippen MR) is 363 cm³/mol. The SMILES string of the molecule is [2H]C([2H])(Sc1nc(=O)c2c(n1C([2H])([2H])C(=O)N(C([2H])(C)c1ccc(-c3ccc(C(F)(F)F)cc3)cc1)C([2H])([2H])C([2H])([2H])N(C([2H])([2H])C)C([2H])([2H])C)CCC2)c1ccc(F)cc1.[2H]c1c([2H])c(C([2H])([2H])Sc2nc(=O)c3c(n2C([2H])([2H])C(=O)N(C([2H])([2H])c2c([2H])c([2H])c(-c4c([2H])c([2H])c(C(F)(F)F)c(C)c4[2H])c([2H])c2[2H])C([2H])([2H])C([2H])([2H])N(CC)CC)C([2H])([2H])C([2H])([2H])C3([2H])[2H])c([2H])c([2H])c1F. The molecule has 2 aliphatic carbocycles. The molecule has 10 rings (SSSR count). The van der Waals surface area contributed by atoms with E-state index in [2.05, 4.69) is 9.97 Å². The monoisotopic (exact) mass is 1400 g/mol. The number of hydrogen-bond donors (Lipinski definition) is 0. The fourth-order valence-corrected chi connectivity index (χ4v) is 10.1. The molecule has 2 aromatic heterocycles. The second kappa shape index (κ2) is 32.9. The highest BCUT2D eigenvalue weighted by Gasteiger charge is 2.34. The van der Waals surface area contributed by atoms with Crippen LogP contribution in [0.3, 0.4) is 0 Å². The maximum Gasteiger partial charge on any atom is 0.416 e. The molecule has 0 aliphatic heterocycles. The van der Waals surface area contributed by atoms with Crippen molar-refractivity contribution in [1.29, 1.82) is 0 Å². The Morgan fingerprint density at radius 2 is 1.18 bits per heavy atom. The van der Waals surface area contributed by atoms with Gasteiger partial charge in [0.1, 0.15) is 24.6 Å². The van der Waals surface area contributed by atoms with E-state index in [1.807, 2.05) is 0 Å². The van der Waals surface area contributed by atoms with Gasteiger partial charge in [-0.2, -0.15) is 36.3 Å². The first-order valence-electron chi connectivity index (χ1n) is 48.3. The van der Waals surface area contributed by atoms with Crippen molar-refractivity contribution in [2.45, 2.75) is 140 Å². The van der Waals surface area contributed by atoms with Crippen LogP contribution in [-0.2, 0) is 78.4 Å². The molecule has 12 nitrogen and oxygen atoms in total. The van der Waals surface area contributed by atoms with Crippen molar-refractivity contribution in [3.63, 3.8) is 0 Å². The van der Waals surface area contributed by atoms with Gasteiger partial charge >= 0.3 is 12.4 Å². The second-order valence-corrected chi connectivity index (χ2v) is 21.4. The van der Waals surface area contributed by atoms with Gasteiger partial charge in [0.15, 0.2) is 10.3 Å². The molecular weight excluding hydrogens is 1280 g/mol. The molecule has 96 heavy (non-hydrogen) atoms. The Hall–Kier alpha value is -7.92. The molecule has 0 saturated carbocycles. The Morgan fingerprint density at radius 1 is 0.615 bits per heavy atom. The minimum absolute atomic E-state index is 0.0507. The summed E-state index contributed by atoms with van der Waals surface area (Å²) < 4.78 is 462. The molecule has 2 heterocycles. The van der Waals surface area contributed by atoms with Crippen molar-refractivity contribution in [2.75, 3.05) is 52.1 Å². The number of aromatic nitrogens is 4. The quantitative estimate of drug-likeness (QED) is 0.0295. The number of benzene rings is 6. The average Bonchev–Trinajstić information content (AvgIpc) is 1.45. The standard InChI is InChI=1S/2C37H40F4N4O2S/c1-4-43(5-2)21-22-44(25(3)27-11-13-28(14-12-27)29-15-17-30(18-16-29)37(39,40)41)34(46)23-45-33-8-6-7-32(33)35(47)42-36(45)48-24-26-9-19-31(38)20-10-26;1-4-43(5-2)19-20-44(22-26-9-13-28(14-10-26)29-15-18-32(25(3)21-29)37(39,40)41)34(46)23-45-33-8-6-7-31(33)35(47)42-36(45)48-24-27-11-16-30(38)17-12-27/h9-20,25H,4-8,21-24H2,1-3H3;9-18,21H,4-8,19-20,22-24H2,1-3H3/i4D2,5D2,21D2,22D2,23D2,24D2,25D;6D2,7D2,8D2,9D,10D,11D,12D,13D,14D,15D,16D,17D,18D,19D2,20D2,21D,22D2,23D2,24D2. The normalized spacial score (nSPS) is 22.8. The highest BCUT2D eigenvalue weighted by Crippen LogP contribution is 2.36. The first-order chi connectivity index (χ1) is 61.3. The van der Waals surface area contributed by atoms with Crippen molar-refractivity contribution < 1.29 is 99.5 Å². The highest BCUT2D eigenvalue weighted by molar-refractivity contribution is 7.98. The maximum atomic E-state index is 15.5. The molecular formula is C74H80F8N8O4S2. The van der Waals surface area contributed by atoms with Gasteiger partial charge in [0.25, 0.3) is 11.1 Å². The largest absolute Gasteiger partial charge is 0.416 e. The van der Waals surface area contributed by atoms with Crippen LogP contribution >= 0.6 is 23.5 Å². The number of fused-ring (bicyclic) bond motifs is 2. The number of thioether (sulfide) groups is 2. The summed E-state index contributed by atoms with van der Waals surface area (Å²) in [6.07, 6.45) is -21.8. The Labute approximate surface area is 620 Å². The topological polar surface area (TPSA) is 117 Å². The lowest BCUT2D eigenvalue weighted by molar-refractivity contribution is -0.138. The van der Waals surface area contributed by atoms with Crippen LogP contribution in [0.5, 0.6) is 0 Å². The van der Waals surface area contributed by atoms with Gasteiger partial charge < -0.3 is 28.7 Å². The molecule has 22 heteroatoms. The highest BCUT2D eigenvalue weighted by atomic mass is 32.2. The smallest absolute Gasteiger partial charge is 0.336 e. The summed E-state index contributed by atoms with van der Waals surface area (Å²) in [4.78, 5) is 64.4. The number of hydrogen-bond acceptors (Lipinski definition) is 10. The van der Waals surface area contributed by atoms with Crippen molar-refractivity contribution in [2.24, 2.45) is 0 Å². The number of carbonyl (C=O) groups excluding carboxylic acids is 2. The van der Waals surface area contributed by atoms with Gasteiger partial charge in [0, 0.05) is 91.1 Å². The van der Waals surface area contributed by atoms with Crippen molar-refractivity contribution in [1.82, 2.24) is 38.7 Å². The van der Waals surface area contributed by atoms with E-state index in [0.717, 1.165) is 69.3 Å². The second-order valence-electron chi connectivity index (χ2n) is 19.8. The number of amides is 2. The fourth-order valence-electron chi connectivity index (χ4n) is 8.77. The van der Waals surface area contributed by atoms with E-state index in [0.29, 0.717) is 16.4 Å². The molecule has 0 saturated heterocycles. The third kappa shape index (κ3) is 18.6. The maximum absolute atomic E-state index is 15.5. The summed E-state index contributed by atoms with van der Waals surface area (Å²) in [5, 5.41) is -2.45. The molecule has 0 radical (unpaired) electrons. The van der Waals surface area contributed by atoms with Crippen LogP contribution in [0.15, 0.2) is 159 Å². The molecule has 0 fully saturated rings. The summed E-state index contributed by atoms with van der Waals surface area (Å²) >= 11 is -0.529. The molecule has 0 spiro atoms. The molecule has 6 aromatic carbocycles. The Bertz CT molecular complexity index is 6100. The van der Waals surface area contributed by atoms with Gasteiger partial charge in [-0.25, -0.2) is 8.78 Å². The van der Waals surface area contributed by atoms with E-state index in [4.69, 9.17) is 39.8 Å². The van der Waals surface area contributed by atoms with Crippen molar-refractivity contribution >= 4 is 35.3 Å². The number of alkyl halides is 6. The first kappa shape index (κ1) is 36.1. The van der Waals surface area contributed by atoms with Gasteiger partial charge in [-0.3, -0.25) is 19.2 Å². The Morgan fingerprint density at radius 3 is 1.78 bits per heavy atom. The van der Waals surface area contributed by atoms with E-state index in [1.165, 1.54) is 38.1 Å². The summed E-state index contributed by atoms with van der Waals surface area (Å²) in [5.41, 5.74) is -22.2. The van der Waals surface area contributed by atoms with E-state index in [1.54, 1.807) is 0 Å². The zero-order chi connectivity index (χ0) is 104. The molecule has 1 unspecified atom stereocenters. The number of rotatable bonds is 26. The van der Waals surface area contributed by atoms with Crippen molar-refractivity contribution in [3.8, 4) is 22.3 Å². The van der Waals surface area contributed by atoms with Crippen LogP contribution in [0.2, 0.25) is 0 Å². The molecule has 508 valence electrons. The molecule has 0 bridgehead atoms. The average molecular weight is 1400 g/mol. The lowest BCUT2D eigenvalue weighted by Gasteiger charge is -2.33. The lowest BCUT2D eigenvalue weighted by Crippen LogP contribution is -2.42. The third-order valence-corrected chi connectivity index (χ3v) is 15.2. The number of nitrogens with zero attached hydrogens (tertiary/aromatic N) is 8. The number of likely N-dealkylation sites (N-methyl/N-ethyl adjacent to an activating group) is 2. The van der Waals surface area contributed by atoms with E-state index in [9.17, 15) is 59.8 Å². The minimum Gasteiger partial charge on any atom is -0.336 e. The molecule has 1 atom stereocenters. The van der Waals surface area contributed by atoms with Gasteiger partial charge in [0.2, 0.25) is 11.8 Å². The van der Waals surface area contributed by atoms with Gasteiger partial charge in [0.05, 0.1) is 47.3 Å². The Balaban J connectivity index is 0.000000311. The lowest BCUT2D eigenvalue weighted by atomic mass is 9.98. The van der Waals surface area contributed by atoms with Crippen molar-refractivity contribution in [3.05, 3.63) is 233 Å². The van der Waals surface area contributed by atoms with Crippen LogP contribution in [0.4, 0.5) is 35.1 Å². The number of carbonyl (C=O) groups is 2. The number of halogens is 8. The van der Waals surface area contributed by atoms with Gasteiger partial charge in [-0.05, 0) is 171 Å².